The Hall–Kier alpha value is -1.92. The molecule has 106 valence electrons. The van der Waals surface area contributed by atoms with Crippen molar-refractivity contribution in [3.8, 4) is 17.1 Å². The number of aromatic nitrogens is 2. The number of hydrogen-bond acceptors (Lipinski definition) is 6. The molecule has 2 heterocycles. The second-order valence-electron chi connectivity index (χ2n) is 4.72. The molecule has 1 aliphatic heterocycles. The van der Waals surface area contributed by atoms with Crippen LogP contribution >= 0.6 is 0 Å². The van der Waals surface area contributed by atoms with Crippen LogP contribution in [0.2, 0.25) is 0 Å². The van der Waals surface area contributed by atoms with E-state index in [1.54, 1.807) is 7.11 Å². The number of benzene rings is 1. The van der Waals surface area contributed by atoms with Gasteiger partial charge in [0.15, 0.2) is 0 Å². The highest BCUT2D eigenvalue weighted by molar-refractivity contribution is 5.64. The van der Waals surface area contributed by atoms with E-state index < -0.39 is 0 Å². The summed E-state index contributed by atoms with van der Waals surface area (Å²) in [6, 6.07) is 5.87. The zero-order valence-corrected chi connectivity index (χ0v) is 11.5. The zero-order valence-electron chi connectivity index (χ0n) is 11.5. The van der Waals surface area contributed by atoms with Crippen molar-refractivity contribution in [1.82, 2.24) is 15.5 Å². The van der Waals surface area contributed by atoms with E-state index in [1.807, 2.05) is 25.1 Å². The fourth-order valence-electron chi connectivity index (χ4n) is 2.18. The molecule has 20 heavy (non-hydrogen) atoms. The largest absolute Gasteiger partial charge is 0.496 e. The highest BCUT2D eigenvalue weighted by Crippen LogP contribution is 2.30. The molecular formula is C14H17N3O3. The molecule has 1 unspecified atom stereocenters. The number of hydrogen-bond donors (Lipinski definition) is 1. The fraction of sp³-hybridized carbons (Fsp3) is 0.429. The Labute approximate surface area is 117 Å². The van der Waals surface area contributed by atoms with Crippen molar-refractivity contribution in [2.75, 3.05) is 26.8 Å². The molecule has 3 rings (SSSR count). The summed E-state index contributed by atoms with van der Waals surface area (Å²) in [6.45, 7) is 4.20. The van der Waals surface area contributed by atoms with Gasteiger partial charge in [-0.2, -0.15) is 4.98 Å². The van der Waals surface area contributed by atoms with Crippen LogP contribution in [0.3, 0.4) is 0 Å². The summed E-state index contributed by atoms with van der Waals surface area (Å²) in [5.41, 5.74) is 1.94. The molecule has 1 fully saturated rings. The van der Waals surface area contributed by atoms with Crippen LogP contribution < -0.4 is 10.1 Å². The lowest BCUT2D eigenvalue weighted by Gasteiger charge is -2.19. The summed E-state index contributed by atoms with van der Waals surface area (Å²) in [7, 11) is 1.63. The first-order valence-electron chi connectivity index (χ1n) is 6.59. The average Bonchev–Trinajstić information content (AvgIpc) is 2.97. The van der Waals surface area contributed by atoms with Gasteiger partial charge in [-0.15, -0.1) is 0 Å². The minimum absolute atomic E-state index is 0.179. The summed E-state index contributed by atoms with van der Waals surface area (Å²) in [6.07, 6.45) is -0.179. The van der Waals surface area contributed by atoms with Crippen LogP contribution in [0.25, 0.3) is 11.4 Å². The van der Waals surface area contributed by atoms with Crippen LogP contribution in [0.15, 0.2) is 22.7 Å². The van der Waals surface area contributed by atoms with Gasteiger partial charge in [0.25, 0.3) is 5.89 Å². The molecule has 0 radical (unpaired) electrons. The molecular weight excluding hydrogens is 258 g/mol. The van der Waals surface area contributed by atoms with Crippen LogP contribution in [0.4, 0.5) is 0 Å². The van der Waals surface area contributed by atoms with Crippen LogP contribution in [-0.2, 0) is 4.74 Å². The summed E-state index contributed by atoms with van der Waals surface area (Å²) in [4.78, 5) is 4.42. The molecule has 2 aromatic rings. The van der Waals surface area contributed by atoms with Crippen molar-refractivity contribution in [2.24, 2.45) is 0 Å². The maximum atomic E-state index is 5.60. The van der Waals surface area contributed by atoms with Gasteiger partial charge in [0.1, 0.15) is 11.9 Å². The monoisotopic (exact) mass is 275 g/mol. The molecule has 6 heteroatoms. The van der Waals surface area contributed by atoms with E-state index in [0.29, 0.717) is 24.9 Å². The van der Waals surface area contributed by atoms with Crippen molar-refractivity contribution >= 4 is 0 Å². The molecule has 0 aliphatic carbocycles. The van der Waals surface area contributed by atoms with Gasteiger partial charge in [-0.05, 0) is 24.6 Å². The van der Waals surface area contributed by atoms with E-state index in [4.69, 9.17) is 14.0 Å². The van der Waals surface area contributed by atoms with Crippen molar-refractivity contribution in [3.05, 3.63) is 29.7 Å². The first-order chi connectivity index (χ1) is 9.78. The molecule has 1 aromatic heterocycles. The first-order valence-corrected chi connectivity index (χ1v) is 6.59. The third-order valence-electron chi connectivity index (χ3n) is 3.24. The molecule has 0 saturated carbocycles. The van der Waals surface area contributed by atoms with Gasteiger partial charge in [-0.25, -0.2) is 0 Å². The number of ether oxygens (including phenoxy) is 2. The maximum Gasteiger partial charge on any atom is 0.257 e. The summed E-state index contributed by atoms with van der Waals surface area (Å²) in [5.74, 6) is 1.75. The van der Waals surface area contributed by atoms with Crippen molar-refractivity contribution < 1.29 is 14.0 Å². The van der Waals surface area contributed by atoms with Crippen LogP contribution in [0, 0.1) is 6.92 Å². The van der Waals surface area contributed by atoms with E-state index in [9.17, 15) is 0 Å². The van der Waals surface area contributed by atoms with E-state index in [2.05, 4.69) is 15.5 Å². The Kier molecular flexibility index (Phi) is 3.66. The van der Waals surface area contributed by atoms with Crippen LogP contribution in [-0.4, -0.2) is 36.9 Å². The SMILES string of the molecule is COc1cc(C)ccc1-c1noc(C2CNCCO2)n1. The Balaban J connectivity index is 1.89. The molecule has 1 saturated heterocycles. The second-order valence-corrected chi connectivity index (χ2v) is 4.72. The minimum atomic E-state index is -0.179. The lowest BCUT2D eigenvalue weighted by molar-refractivity contribution is 0.00755. The fourth-order valence-corrected chi connectivity index (χ4v) is 2.18. The topological polar surface area (TPSA) is 69.4 Å². The summed E-state index contributed by atoms with van der Waals surface area (Å²) in [5, 5.41) is 7.26. The molecule has 0 amide bonds. The molecule has 0 bridgehead atoms. The van der Waals surface area contributed by atoms with Gasteiger partial charge in [0, 0.05) is 13.1 Å². The van der Waals surface area contributed by atoms with Crippen molar-refractivity contribution in [1.29, 1.82) is 0 Å². The molecule has 1 aliphatic rings. The van der Waals surface area contributed by atoms with Crippen LogP contribution in [0.5, 0.6) is 5.75 Å². The summed E-state index contributed by atoms with van der Waals surface area (Å²) >= 11 is 0. The van der Waals surface area contributed by atoms with Gasteiger partial charge in [0.05, 0.1) is 19.3 Å². The van der Waals surface area contributed by atoms with Gasteiger partial charge in [0.2, 0.25) is 5.82 Å². The average molecular weight is 275 g/mol. The number of aryl methyl sites for hydroxylation is 1. The number of methoxy groups -OCH3 is 1. The third kappa shape index (κ3) is 2.52. The van der Waals surface area contributed by atoms with Crippen LogP contribution in [0.1, 0.15) is 17.6 Å². The highest BCUT2D eigenvalue weighted by Gasteiger charge is 2.23. The molecule has 1 aromatic carbocycles. The molecule has 1 atom stereocenters. The normalized spacial score (nSPS) is 19.0. The Morgan fingerprint density at radius 3 is 3.05 bits per heavy atom. The van der Waals surface area contributed by atoms with Gasteiger partial charge in [-0.1, -0.05) is 11.2 Å². The number of nitrogens with one attached hydrogen (secondary N) is 1. The van der Waals surface area contributed by atoms with E-state index in [1.165, 1.54) is 0 Å². The van der Waals surface area contributed by atoms with Gasteiger partial charge < -0.3 is 19.3 Å². The Morgan fingerprint density at radius 1 is 1.40 bits per heavy atom. The second kappa shape index (κ2) is 5.60. The first kappa shape index (κ1) is 13.1. The Bertz CT molecular complexity index is 591. The van der Waals surface area contributed by atoms with Gasteiger partial charge in [-0.3, -0.25) is 0 Å². The zero-order chi connectivity index (χ0) is 13.9. The maximum absolute atomic E-state index is 5.60. The minimum Gasteiger partial charge on any atom is -0.496 e. The highest BCUT2D eigenvalue weighted by atomic mass is 16.5. The standard InChI is InChI=1S/C14H17N3O3/c1-9-3-4-10(11(7-9)18-2)13-16-14(20-17-13)12-8-15-5-6-19-12/h3-4,7,12,15H,5-6,8H2,1-2H3. The summed E-state index contributed by atoms with van der Waals surface area (Å²) < 4.78 is 16.3. The van der Waals surface area contributed by atoms with Crippen molar-refractivity contribution in [3.63, 3.8) is 0 Å². The Morgan fingerprint density at radius 2 is 2.30 bits per heavy atom. The predicted octanol–water partition coefficient (Wildman–Crippen LogP) is 1.71. The smallest absolute Gasteiger partial charge is 0.257 e. The third-order valence-corrected chi connectivity index (χ3v) is 3.24. The quantitative estimate of drug-likeness (QED) is 0.919. The lowest BCUT2D eigenvalue weighted by Crippen LogP contribution is -2.33. The van der Waals surface area contributed by atoms with E-state index >= 15 is 0 Å². The van der Waals surface area contributed by atoms with Gasteiger partial charge >= 0.3 is 0 Å². The molecule has 6 nitrogen and oxygen atoms in total. The number of nitrogens with zero attached hydrogens (tertiary/aromatic N) is 2. The molecule has 0 spiro atoms. The predicted molar refractivity (Wildman–Crippen MR) is 72.6 cm³/mol. The number of rotatable bonds is 3. The lowest BCUT2D eigenvalue weighted by atomic mass is 10.1. The molecule has 1 N–H and O–H groups in total. The van der Waals surface area contributed by atoms with Crippen molar-refractivity contribution in [2.45, 2.75) is 13.0 Å². The van der Waals surface area contributed by atoms with E-state index in [-0.39, 0.29) is 6.10 Å². The van der Waals surface area contributed by atoms with E-state index in [0.717, 1.165) is 23.4 Å². The number of morpholine rings is 1.